The average Bonchev–Trinajstić information content (AvgIpc) is 2.73. The molecule has 3 heteroatoms. The largest absolute Gasteiger partial charge is 0.311 e. The molecule has 0 bridgehead atoms. The van der Waals surface area contributed by atoms with Crippen molar-refractivity contribution in [3.63, 3.8) is 0 Å². The first-order valence-electron chi connectivity index (χ1n) is 7.02. The van der Waals surface area contributed by atoms with E-state index in [9.17, 15) is 0 Å². The van der Waals surface area contributed by atoms with Gasteiger partial charge in [0.25, 0.3) is 0 Å². The summed E-state index contributed by atoms with van der Waals surface area (Å²) in [5.74, 6) is 0. The van der Waals surface area contributed by atoms with Crippen LogP contribution in [-0.2, 0) is 13.6 Å². The SMILES string of the molecule is CCCCCCCCCNCc1ccn(C)n1. The van der Waals surface area contributed by atoms with Crippen molar-refractivity contribution >= 4 is 0 Å². The summed E-state index contributed by atoms with van der Waals surface area (Å²) < 4.78 is 1.85. The van der Waals surface area contributed by atoms with Gasteiger partial charge in [0.2, 0.25) is 0 Å². The van der Waals surface area contributed by atoms with Gasteiger partial charge in [-0.25, -0.2) is 0 Å². The van der Waals surface area contributed by atoms with Crippen LogP contribution in [-0.4, -0.2) is 16.3 Å². The predicted octanol–water partition coefficient (Wildman–Crippen LogP) is 3.26. The van der Waals surface area contributed by atoms with E-state index in [4.69, 9.17) is 0 Å². The standard InChI is InChI=1S/C14H27N3/c1-3-4-5-6-7-8-9-11-15-13-14-10-12-17(2)16-14/h10,12,15H,3-9,11,13H2,1-2H3. The van der Waals surface area contributed by atoms with E-state index in [0.29, 0.717) is 0 Å². The van der Waals surface area contributed by atoms with E-state index in [1.54, 1.807) is 0 Å². The lowest BCUT2D eigenvalue weighted by Crippen LogP contribution is -2.15. The summed E-state index contributed by atoms with van der Waals surface area (Å²) >= 11 is 0. The Bertz CT molecular complexity index is 281. The Labute approximate surface area is 106 Å². The molecule has 0 saturated heterocycles. The second-order valence-corrected chi connectivity index (χ2v) is 4.78. The highest BCUT2D eigenvalue weighted by Gasteiger charge is 1.95. The molecule has 0 aliphatic carbocycles. The Balaban J connectivity index is 1.84. The van der Waals surface area contributed by atoms with Crippen molar-refractivity contribution in [2.45, 2.75) is 58.4 Å². The van der Waals surface area contributed by atoms with E-state index in [-0.39, 0.29) is 0 Å². The van der Waals surface area contributed by atoms with Crippen LogP contribution < -0.4 is 5.32 Å². The molecular formula is C14H27N3. The molecular weight excluding hydrogens is 210 g/mol. The van der Waals surface area contributed by atoms with Crippen LogP contribution in [0.2, 0.25) is 0 Å². The lowest BCUT2D eigenvalue weighted by atomic mass is 10.1. The minimum absolute atomic E-state index is 0.899. The number of hydrogen-bond acceptors (Lipinski definition) is 2. The van der Waals surface area contributed by atoms with Gasteiger partial charge in [-0.1, -0.05) is 45.4 Å². The molecule has 1 aromatic rings. The molecule has 0 saturated carbocycles. The maximum Gasteiger partial charge on any atom is 0.0762 e. The molecule has 1 aromatic heterocycles. The number of nitrogens with zero attached hydrogens (tertiary/aromatic N) is 2. The van der Waals surface area contributed by atoms with Gasteiger partial charge in [0.15, 0.2) is 0 Å². The van der Waals surface area contributed by atoms with Crippen LogP contribution in [0, 0.1) is 0 Å². The van der Waals surface area contributed by atoms with E-state index >= 15 is 0 Å². The molecule has 0 amide bonds. The van der Waals surface area contributed by atoms with E-state index in [1.807, 2.05) is 17.9 Å². The van der Waals surface area contributed by atoms with Crippen molar-refractivity contribution in [2.75, 3.05) is 6.54 Å². The van der Waals surface area contributed by atoms with Crippen LogP contribution in [0.1, 0.15) is 57.6 Å². The van der Waals surface area contributed by atoms with Crippen LogP contribution in [0.25, 0.3) is 0 Å². The number of aryl methyl sites for hydroxylation is 1. The van der Waals surface area contributed by atoms with Crippen LogP contribution >= 0.6 is 0 Å². The topological polar surface area (TPSA) is 29.9 Å². The summed E-state index contributed by atoms with van der Waals surface area (Å²) in [6.45, 7) is 4.28. The second kappa shape index (κ2) is 9.23. The molecule has 0 atom stereocenters. The zero-order chi connectivity index (χ0) is 12.3. The van der Waals surface area contributed by atoms with Crippen LogP contribution in [0.4, 0.5) is 0 Å². The Kier molecular flexibility index (Phi) is 7.72. The fourth-order valence-corrected chi connectivity index (χ4v) is 1.98. The molecule has 17 heavy (non-hydrogen) atoms. The maximum atomic E-state index is 4.33. The molecule has 0 unspecified atom stereocenters. The monoisotopic (exact) mass is 237 g/mol. The third-order valence-corrected chi connectivity index (χ3v) is 3.03. The first kappa shape index (κ1) is 14.2. The van der Waals surface area contributed by atoms with Gasteiger partial charge >= 0.3 is 0 Å². The lowest BCUT2D eigenvalue weighted by molar-refractivity contribution is 0.558. The molecule has 0 aliphatic heterocycles. The average molecular weight is 237 g/mol. The zero-order valence-electron chi connectivity index (χ0n) is 11.4. The number of hydrogen-bond donors (Lipinski definition) is 1. The molecule has 0 spiro atoms. The third kappa shape index (κ3) is 7.16. The first-order valence-corrected chi connectivity index (χ1v) is 7.02. The quantitative estimate of drug-likeness (QED) is 0.633. The molecule has 0 aromatic carbocycles. The minimum atomic E-state index is 0.899. The Morgan fingerprint density at radius 3 is 2.47 bits per heavy atom. The molecule has 0 fully saturated rings. The predicted molar refractivity (Wildman–Crippen MR) is 72.9 cm³/mol. The first-order chi connectivity index (χ1) is 8.33. The van der Waals surface area contributed by atoms with Crippen molar-refractivity contribution in [1.29, 1.82) is 0 Å². The van der Waals surface area contributed by atoms with Crippen LogP contribution in [0.15, 0.2) is 12.3 Å². The number of unbranched alkanes of at least 4 members (excludes halogenated alkanes) is 6. The minimum Gasteiger partial charge on any atom is -0.311 e. The second-order valence-electron chi connectivity index (χ2n) is 4.78. The van der Waals surface area contributed by atoms with Gasteiger partial charge in [0.05, 0.1) is 5.69 Å². The summed E-state index contributed by atoms with van der Waals surface area (Å²) in [4.78, 5) is 0. The smallest absolute Gasteiger partial charge is 0.0762 e. The van der Waals surface area contributed by atoms with Gasteiger partial charge in [-0.05, 0) is 19.0 Å². The highest BCUT2D eigenvalue weighted by atomic mass is 15.3. The molecule has 1 heterocycles. The van der Waals surface area contributed by atoms with Gasteiger partial charge < -0.3 is 5.32 Å². The van der Waals surface area contributed by atoms with Crippen molar-refractivity contribution in [1.82, 2.24) is 15.1 Å². The third-order valence-electron chi connectivity index (χ3n) is 3.03. The summed E-state index contributed by atoms with van der Waals surface area (Å²) in [5, 5.41) is 7.77. The molecule has 3 nitrogen and oxygen atoms in total. The fraction of sp³-hybridized carbons (Fsp3) is 0.786. The summed E-state index contributed by atoms with van der Waals surface area (Å²) in [6, 6.07) is 2.07. The van der Waals surface area contributed by atoms with E-state index in [1.165, 1.54) is 44.9 Å². The Morgan fingerprint density at radius 2 is 1.82 bits per heavy atom. The Hall–Kier alpha value is -0.830. The molecule has 1 rings (SSSR count). The van der Waals surface area contributed by atoms with E-state index < -0.39 is 0 Å². The van der Waals surface area contributed by atoms with E-state index in [0.717, 1.165) is 18.8 Å². The summed E-state index contributed by atoms with van der Waals surface area (Å²) in [7, 11) is 1.96. The Morgan fingerprint density at radius 1 is 1.12 bits per heavy atom. The van der Waals surface area contributed by atoms with Gasteiger partial charge in [0.1, 0.15) is 0 Å². The van der Waals surface area contributed by atoms with Crippen molar-refractivity contribution in [2.24, 2.45) is 7.05 Å². The lowest BCUT2D eigenvalue weighted by Gasteiger charge is -2.03. The maximum absolute atomic E-state index is 4.33. The highest BCUT2D eigenvalue weighted by molar-refractivity contribution is 4.97. The van der Waals surface area contributed by atoms with Gasteiger partial charge in [-0.2, -0.15) is 5.10 Å². The number of rotatable bonds is 10. The van der Waals surface area contributed by atoms with Crippen molar-refractivity contribution < 1.29 is 0 Å². The number of nitrogens with one attached hydrogen (secondary N) is 1. The van der Waals surface area contributed by atoms with Crippen molar-refractivity contribution in [3.05, 3.63) is 18.0 Å². The molecule has 0 aliphatic rings. The van der Waals surface area contributed by atoms with Crippen LogP contribution in [0.5, 0.6) is 0 Å². The van der Waals surface area contributed by atoms with Crippen molar-refractivity contribution in [3.8, 4) is 0 Å². The zero-order valence-corrected chi connectivity index (χ0v) is 11.4. The summed E-state index contributed by atoms with van der Waals surface area (Å²) in [5.41, 5.74) is 1.13. The van der Waals surface area contributed by atoms with Gasteiger partial charge in [0, 0.05) is 19.8 Å². The normalized spacial score (nSPS) is 10.9. The van der Waals surface area contributed by atoms with Crippen LogP contribution in [0.3, 0.4) is 0 Å². The van der Waals surface area contributed by atoms with E-state index in [2.05, 4.69) is 23.4 Å². The fourth-order valence-electron chi connectivity index (χ4n) is 1.98. The molecule has 98 valence electrons. The highest BCUT2D eigenvalue weighted by Crippen LogP contribution is 2.06. The van der Waals surface area contributed by atoms with Gasteiger partial charge in [-0.3, -0.25) is 4.68 Å². The van der Waals surface area contributed by atoms with Gasteiger partial charge in [-0.15, -0.1) is 0 Å². The number of aromatic nitrogens is 2. The molecule has 0 radical (unpaired) electrons. The molecule has 1 N–H and O–H groups in total. The summed E-state index contributed by atoms with van der Waals surface area (Å²) in [6.07, 6.45) is 11.6.